The topological polar surface area (TPSA) is 108 Å². The smallest absolute Gasteiger partial charge is 0.197 e. The number of benzene rings is 1. The molecule has 0 radical (unpaired) electrons. The Balaban J connectivity index is 2.51. The summed E-state index contributed by atoms with van der Waals surface area (Å²) in [6.07, 6.45) is 0. The number of anilines is 1. The van der Waals surface area contributed by atoms with Crippen molar-refractivity contribution in [1.82, 2.24) is 0 Å². The molecule has 0 aliphatic carbocycles. The van der Waals surface area contributed by atoms with Crippen LogP contribution in [0, 0.1) is 0 Å². The van der Waals surface area contributed by atoms with Gasteiger partial charge in [0.1, 0.15) is 0 Å². The van der Waals surface area contributed by atoms with Gasteiger partial charge in [-0.15, -0.1) is 4.33 Å². The quantitative estimate of drug-likeness (QED) is 0.251. The van der Waals surface area contributed by atoms with E-state index in [-0.39, 0.29) is 17.3 Å². The summed E-state index contributed by atoms with van der Waals surface area (Å²) in [6.45, 7) is -0.120. The summed E-state index contributed by atoms with van der Waals surface area (Å²) in [6, 6.07) is 5.97. The van der Waals surface area contributed by atoms with Crippen molar-refractivity contribution in [1.29, 1.82) is 0 Å². The molecule has 0 aliphatic heterocycles. The normalized spacial score (nSPS) is 11.6. The molecule has 17 heavy (non-hydrogen) atoms. The molecular formula is C8H11NO6S2. The molecule has 0 bridgehead atoms. The van der Waals surface area contributed by atoms with Crippen molar-refractivity contribution >= 4 is 27.8 Å². The van der Waals surface area contributed by atoms with Gasteiger partial charge in [0.15, 0.2) is 22.2 Å². The number of nitrogen functional groups attached to an aromatic ring is 1. The Kier molecular flexibility index (Phi) is 5.68. The summed E-state index contributed by atoms with van der Waals surface area (Å²) in [4.78, 5) is 0.130. The van der Waals surface area contributed by atoms with Crippen LogP contribution in [0.3, 0.4) is 0 Å². The predicted octanol–water partition coefficient (Wildman–Crippen LogP) is 1.04. The van der Waals surface area contributed by atoms with Gasteiger partial charge < -0.3 is 5.73 Å². The van der Waals surface area contributed by atoms with Crippen molar-refractivity contribution in [2.45, 2.75) is 4.90 Å². The van der Waals surface area contributed by atoms with Gasteiger partial charge in [-0.05, 0) is 18.2 Å². The molecule has 0 unspecified atom stereocenters. The van der Waals surface area contributed by atoms with Crippen LogP contribution in [0.25, 0.3) is 0 Å². The summed E-state index contributed by atoms with van der Waals surface area (Å²) in [5.74, 6) is -0.238. The summed E-state index contributed by atoms with van der Waals surface area (Å²) >= 11 is 0.331. The zero-order valence-electron chi connectivity index (χ0n) is 8.61. The van der Waals surface area contributed by atoms with Gasteiger partial charge in [0.2, 0.25) is 0 Å². The van der Waals surface area contributed by atoms with E-state index in [1.165, 1.54) is 12.1 Å². The van der Waals surface area contributed by atoms with Gasteiger partial charge in [-0.2, -0.15) is 0 Å². The summed E-state index contributed by atoms with van der Waals surface area (Å²) in [5.41, 5.74) is 5.86. The second-order valence-corrected chi connectivity index (χ2v) is 5.54. The standard InChI is InChI=1S/C8H11NO6S2/c9-7-2-1-3-8(6-7)17(11,12)5-4-13-16-15-14-10/h1-3,6,10H,4-5,9H2. The second-order valence-electron chi connectivity index (χ2n) is 2.92. The molecule has 7 nitrogen and oxygen atoms in total. The number of rotatable bonds is 7. The van der Waals surface area contributed by atoms with Crippen LogP contribution in [0.2, 0.25) is 0 Å². The Bertz CT molecular complexity index is 449. The minimum atomic E-state index is -3.45. The number of hydrogen-bond acceptors (Lipinski definition) is 8. The molecule has 1 rings (SSSR count). The molecule has 9 heteroatoms. The van der Waals surface area contributed by atoms with Crippen LogP contribution in [0.4, 0.5) is 5.69 Å². The molecule has 3 N–H and O–H groups in total. The largest absolute Gasteiger partial charge is 0.399 e. The average molecular weight is 281 g/mol. The summed E-state index contributed by atoms with van der Waals surface area (Å²) in [7, 11) is -3.45. The maximum Gasteiger partial charge on any atom is 0.197 e. The third-order valence-corrected chi connectivity index (χ3v) is 3.81. The Morgan fingerprint density at radius 1 is 1.41 bits per heavy atom. The molecule has 0 saturated heterocycles. The lowest BCUT2D eigenvalue weighted by molar-refractivity contribution is -0.434. The maximum absolute atomic E-state index is 11.8. The molecule has 0 saturated carbocycles. The van der Waals surface area contributed by atoms with E-state index in [0.29, 0.717) is 18.0 Å². The van der Waals surface area contributed by atoms with Gasteiger partial charge in [0, 0.05) is 5.69 Å². The molecule has 0 fully saturated rings. The van der Waals surface area contributed by atoms with Gasteiger partial charge >= 0.3 is 0 Å². The molecule has 0 aliphatic rings. The lowest BCUT2D eigenvalue weighted by Crippen LogP contribution is -2.11. The monoisotopic (exact) mass is 281 g/mol. The Morgan fingerprint density at radius 3 is 2.82 bits per heavy atom. The van der Waals surface area contributed by atoms with E-state index in [1.54, 1.807) is 12.1 Å². The van der Waals surface area contributed by atoms with Crippen molar-refractivity contribution in [3.8, 4) is 0 Å². The highest BCUT2D eigenvalue weighted by atomic mass is 32.2. The fourth-order valence-corrected chi connectivity index (χ4v) is 2.50. The van der Waals surface area contributed by atoms with E-state index in [9.17, 15) is 8.42 Å². The molecular weight excluding hydrogens is 270 g/mol. The first-order chi connectivity index (χ1) is 8.06. The fourth-order valence-electron chi connectivity index (χ4n) is 1.04. The van der Waals surface area contributed by atoms with Gasteiger partial charge in [0.05, 0.1) is 17.3 Å². The van der Waals surface area contributed by atoms with Crippen molar-refractivity contribution in [2.75, 3.05) is 18.1 Å². The lowest BCUT2D eigenvalue weighted by atomic mass is 10.3. The first-order valence-electron chi connectivity index (χ1n) is 4.41. The lowest BCUT2D eigenvalue weighted by Gasteiger charge is -2.04. The van der Waals surface area contributed by atoms with Crippen molar-refractivity contribution in [3.63, 3.8) is 0 Å². The first kappa shape index (κ1) is 14.2. The molecule has 0 aromatic heterocycles. The molecule has 0 atom stereocenters. The maximum atomic E-state index is 11.8. The Labute approximate surface area is 103 Å². The van der Waals surface area contributed by atoms with Crippen LogP contribution in [-0.2, 0) is 23.4 Å². The van der Waals surface area contributed by atoms with Gasteiger partial charge in [-0.1, -0.05) is 11.1 Å². The summed E-state index contributed by atoms with van der Waals surface area (Å²) < 4.78 is 32.1. The fraction of sp³-hybridized carbons (Fsp3) is 0.250. The first-order valence-corrected chi connectivity index (χ1v) is 6.73. The number of hydrogen-bond donors (Lipinski definition) is 2. The van der Waals surface area contributed by atoms with Crippen LogP contribution in [-0.4, -0.2) is 26.0 Å². The highest BCUT2D eigenvalue weighted by Gasteiger charge is 2.14. The molecule has 0 heterocycles. The van der Waals surface area contributed by atoms with E-state index in [1.807, 2.05) is 0 Å². The van der Waals surface area contributed by atoms with Crippen LogP contribution < -0.4 is 5.73 Å². The minimum Gasteiger partial charge on any atom is -0.399 e. The zero-order valence-corrected chi connectivity index (χ0v) is 10.2. The molecule has 1 aromatic carbocycles. The van der Waals surface area contributed by atoms with Crippen LogP contribution >= 0.6 is 12.3 Å². The van der Waals surface area contributed by atoms with Crippen molar-refractivity contribution < 1.29 is 27.2 Å². The average Bonchev–Trinajstić information content (AvgIpc) is 2.29. The third kappa shape index (κ3) is 4.89. The third-order valence-electron chi connectivity index (χ3n) is 1.76. The SMILES string of the molecule is Nc1cccc(S(=O)(=O)CCOSOOO)c1. The molecule has 0 amide bonds. The molecule has 1 aromatic rings. The Morgan fingerprint density at radius 2 is 2.18 bits per heavy atom. The van der Waals surface area contributed by atoms with E-state index in [4.69, 9.17) is 11.0 Å². The van der Waals surface area contributed by atoms with Crippen LogP contribution in [0.15, 0.2) is 29.2 Å². The Hall–Kier alpha value is -0.840. The number of nitrogens with two attached hydrogens (primary N) is 1. The second kappa shape index (κ2) is 6.79. The predicted molar refractivity (Wildman–Crippen MR) is 61.2 cm³/mol. The highest BCUT2D eigenvalue weighted by Crippen LogP contribution is 2.15. The van der Waals surface area contributed by atoms with Crippen molar-refractivity contribution in [2.24, 2.45) is 0 Å². The van der Waals surface area contributed by atoms with E-state index in [0.717, 1.165) is 0 Å². The molecule has 96 valence electrons. The zero-order chi connectivity index (χ0) is 12.7. The van der Waals surface area contributed by atoms with E-state index in [2.05, 4.69) is 13.6 Å². The molecule has 0 spiro atoms. The van der Waals surface area contributed by atoms with Crippen LogP contribution in [0.5, 0.6) is 0 Å². The van der Waals surface area contributed by atoms with Gasteiger partial charge in [-0.3, -0.25) is 4.18 Å². The van der Waals surface area contributed by atoms with E-state index < -0.39 is 9.84 Å². The van der Waals surface area contributed by atoms with Crippen molar-refractivity contribution in [3.05, 3.63) is 24.3 Å². The van der Waals surface area contributed by atoms with Crippen LogP contribution in [0.1, 0.15) is 0 Å². The number of sulfone groups is 1. The highest BCUT2D eigenvalue weighted by molar-refractivity contribution is 7.91. The minimum absolute atomic E-state index is 0.120. The van der Waals surface area contributed by atoms with Gasteiger partial charge in [-0.25, -0.2) is 13.7 Å². The van der Waals surface area contributed by atoms with E-state index >= 15 is 0 Å². The summed E-state index contributed by atoms with van der Waals surface area (Å²) in [5, 5.41) is 11.0. The van der Waals surface area contributed by atoms with Gasteiger partial charge in [0.25, 0.3) is 0 Å².